The summed E-state index contributed by atoms with van der Waals surface area (Å²) < 4.78 is 1.21. The van der Waals surface area contributed by atoms with Crippen LogP contribution in [-0.2, 0) is 5.41 Å². The van der Waals surface area contributed by atoms with E-state index >= 15 is 0 Å². The number of hydrogen-bond donors (Lipinski definition) is 1. The van der Waals surface area contributed by atoms with Gasteiger partial charge in [-0.05, 0) is 41.5 Å². The second-order valence-corrected chi connectivity index (χ2v) is 7.52. The van der Waals surface area contributed by atoms with Crippen LogP contribution in [0.3, 0.4) is 0 Å². The highest BCUT2D eigenvalue weighted by molar-refractivity contribution is 9.10. The molecular formula is C16H20BrNS. The topological polar surface area (TPSA) is 12.0 Å². The monoisotopic (exact) mass is 337 g/mol. The van der Waals surface area contributed by atoms with Gasteiger partial charge in [0.1, 0.15) is 0 Å². The standard InChI is InChI=1S/C16H20BrNS/c1-11-10-13(17)14(19-11)15(18-4)16(2,3)12-8-6-5-7-9-12/h5-10,15,18H,1-4H3. The van der Waals surface area contributed by atoms with E-state index in [-0.39, 0.29) is 5.41 Å². The van der Waals surface area contributed by atoms with E-state index in [0.717, 1.165) is 0 Å². The van der Waals surface area contributed by atoms with Crippen LogP contribution >= 0.6 is 27.3 Å². The van der Waals surface area contributed by atoms with Crippen LogP contribution in [0.4, 0.5) is 0 Å². The minimum absolute atomic E-state index is 0.0375. The fourth-order valence-corrected chi connectivity index (χ4v) is 4.73. The highest BCUT2D eigenvalue weighted by atomic mass is 79.9. The maximum atomic E-state index is 3.69. The minimum Gasteiger partial charge on any atom is -0.312 e. The molecule has 2 aromatic rings. The molecule has 19 heavy (non-hydrogen) atoms. The van der Waals surface area contributed by atoms with Crippen molar-refractivity contribution in [3.63, 3.8) is 0 Å². The summed E-state index contributed by atoms with van der Waals surface area (Å²) in [5.74, 6) is 0. The Balaban J connectivity index is 2.44. The molecule has 0 fully saturated rings. The molecule has 2 rings (SSSR count). The first kappa shape index (κ1) is 14.8. The molecule has 0 saturated heterocycles. The zero-order valence-electron chi connectivity index (χ0n) is 11.8. The summed E-state index contributed by atoms with van der Waals surface area (Å²) >= 11 is 5.55. The van der Waals surface area contributed by atoms with Crippen LogP contribution in [0.25, 0.3) is 0 Å². The van der Waals surface area contributed by atoms with Gasteiger partial charge in [0.25, 0.3) is 0 Å². The Morgan fingerprint density at radius 2 is 1.84 bits per heavy atom. The largest absolute Gasteiger partial charge is 0.312 e. The zero-order valence-corrected chi connectivity index (χ0v) is 14.2. The van der Waals surface area contributed by atoms with E-state index in [1.165, 1.54) is 19.8 Å². The third-order valence-corrected chi connectivity index (χ3v) is 5.66. The lowest BCUT2D eigenvalue weighted by Crippen LogP contribution is -2.35. The summed E-state index contributed by atoms with van der Waals surface area (Å²) in [7, 11) is 2.04. The number of hydrogen-bond acceptors (Lipinski definition) is 2. The summed E-state index contributed by atoms with van der Waals surface area (Å²) in [5.41, 5.74) is 1.39. The molecule has 1 heterocycles. The van der Waals surface area contributed by atoms with Gasteiger partial charge in [-0.2, -0.15) is 0 Å². The molecule has 1 atom stereocenters. The van der Waals surface area contributed by atoms with Crippen molar-refractivity contribution in [1.82, 2.24) is 5.32 Å². The molecule has 1 N–H and O–H groups in total. The molecule has 0 aliphatic heterocycles. The van der Waals surface area contributed by atoms with Crippen molar-refractivity contribution >= 4 is 27.3 Å². The van der Waals surface area contributed by atoms with Crippen LogP contribution in [0.1, 0.15) is 35.2 Å². The summed E-state index contributed by atoms with van der Waals surface area (Å²) in [6, 6.07) is 13.2. The zero-order chi connectivity index (χ0) is 14.0. The molecule has 0 aliphatic carbocycles. The van der Waals surface area contributed by atoms with Crippen molar-refractivity contribution in [2.75, 3.05) is 7.05 Å². The van der Waals surface area contributed by atoms with Crippen LogP contribution in [0.2, 0.25) is 0 Å². The SMILES string of the molecule is CNC(c1sc(C)cc1Br)C(C)(C)c1ccccc1. The summed E-state index contributed by atoms with van der Waals surface area (Å²) in [6.45, 7) is 6.75. The number of aryl methyl sites for hydroxylation is 1. The molecule has 0 spiro atoms. The molecule has 102 valence electrons. The number of halogens is 1. The normalized spacial score (nSPS) is 13.5. The summed E-state index contributed by atoms with van der Waals surface area (Å²) in [6.07, 6.45) is 0. The van der Waals surface area contributed by atoms with Gasteiger partial charge < -0.3 is 5.32 Å². The molecule has 0 radical (unpaired) electrons. The van der Waals surface area contributed by atoms with Crippen molar-refractivity contribution in [1.29, 1.82) is 0 Å². The second-order valence-electron chi connectivity index (χ2n) is 5.38. The van der Waals surface area contributed by atoms with Gasteiger partial charge in [0.15, 0.2) is 0 Å². The molecule has 0 saturated carbocycles. The Kier molecular flexibility index (Phi) is 4.49. The van der Waals surface area contributed by atoms with Crippen molar-refractivity contribution in [3.8, 4) is 0 Å². The quantitative estimate of drug-likeness (QED) is 0.822. The van der Waals surface area contributed by atoms with Crippen LogP contribution in [0.15, 0.2) is 40.9 Å². The molecule has 1 aromatic carbocycles. The average molecular weight is 338 g/mol. The number of thiophene rings is 1. The second kappa shape index (κ2) is 5.78. The fourth-order valence-electron chi connectivity index (χ4n) is 2.55. The molecule has 0 bridgehead atoms. The maximum absolute atomic E-state index is 3.69. The molecular weight excluding hydrogens is 318 g/mol. The van der Waals surface area contributed by atoms with Crippen LogP contribution < -0.4 is 5.32 Å². The van der Waals surface area contributed by atoms with E-state index in [9.17, 15) is 0 Å². The van der Waals surface area contributed by atoms with Gasteiger partial charge >= 0.3 is 0 Å². The van der Waals surface area contributed by atoms with E-state index in [1.807, 2.05) is 18.4 Å². The Bertz CT molecular complexity index is 545. The summed E-state index contributed by atoms with van der Waals surface area (Å²) in [5, 5.41) is 3.49. The van der Waals surface area contributed by atoms with Gasteiger partial charge in [0.05, 0.1) is 6.04 Å². The number of benzene rings is 1. The number of rotatable bonds is 4. The van der Waals surface area contributed by atoms with Gasteiger partial charge in [0.2, 0.25) is 0 Å². The first-order chi connectivity index (χ1) is 8.96. The highest BCUT2D eigenvalue weighted by Crippen LogP contribution is 2.42. The van der Waals surface area contributed by atoms with E-state index in [1.54, 1.807) is 0 Å². The smallest absolute Gasteiger partial charge is 0.0516 e. The van der Waals surface area contributed by atoms with Crippen molar-refractivity contribution in [3.05, 3.63) is 56.2 Å². The van der Waals surface area contributed by atoms with Gasteiger partial charge in [-0.3, -0.25) is 0 Å². The van der Waals surface area contributed by atoms with Gasteiger partial charge in [-0.1, -0.05) is 44.2 Å². The van der Waals surface area contributed by atoms with Crippen molar-refractivity contribution in [2.24, 2.45) is 0 Å². The van der Waals surface area contributed by atoms with Gasteiger partial charge in [-0.25, -0.2) is 0 Å². The first-order valence-electron chi connectivity index (χ1n) is 6.45. The number of nitrogens with one attached hydrogen (secondary N) is 1. The average Bonchev–Trinajstić information content (AvgIpc) is 2.70. The maximum Gasteiger partial charge on any atom is 0.0516 e. The van der Waals surface area contributed by atoms with Crippen LogP contribution in [-0.4, -0.2) is 7.05 Å². The Morgan fingerprint density at radius 1 is 1.21 bits per heavy atom. The fraction of sp³-hybridized carbons (Fsp3) is 0.375. The van der Waals surface area contributed by atoms with Gasteiger partial charge in [0, 0.05) is 19.6 Å². The highest BCUT2D eigenvalue weighted by Gasteiger charge is 2.33. The van der Waals surface area contributed by atoms with E-state index in [2.05, 4.69) is 78.4 Å². The molecule has 0 amide bonds. The molecule has 0 aliphatic rings. The van der Waals surface area contributed by atoms with Crippen LogP contribution in [0.5, 0.6) is 0 Å². The Labute approximate surface area is 128 Å². The molecule has 1 aromatic heterocycles. The van der Waals surface area contributed by atoms with E-state index in [0.29, 0.717) is 6.04 Å². The lowest BCUT2D eigenvalue weighted by Gasteiger charge is -2.34. The lowest BCUT2D eigenvalue weighted by molar-refractivity contribution is 0.373. The Hall–Kier alpha value is -0.640. The van der Waals surface area contributed by atoms with E-state index < -0.39 is 0 Å². The van der Waals surface area contributed by atoms with Crippen molar-refractivity contribution in [2.45, 2.75) is 32.2 Å². The van der Waals surface area contributed by atoms with Gasteiger partial charge in [-0.15, -0.1) is 11.3 Å². The minimum atomic E-state index is 0.0375. The van der Waals surface area contributed by atoms with E-state index in [4.69, 9.17) is 0 Å². The predicted octanol–water partition coefficient (Wildman–Crippen LogP) is 5.06. The third-order valence-electron chi connectivity index (χ3n) is 3.63. The number of likely N-dealkylation sites (N-methyl/N-ethyl adjacent to an activating group) is 1. The lowest BCUT2D eigenvalue weighted by atomic mass is 9.77. The third kappa shape index (κ3) is 2.93. The van der Waals surface area contributed by atoms with Crippen LogP contribution in [0, 0.1) is 6.92 Å². The van der Waals surface area contributed by atoms with Crippen molar-refractivity contribution < 1.29 is 0 Å². The predicted molar refractivity (Wildman–Crippen MR) is 88.0 cm³/mol. The molecule has 3 heteroatoms. The molecule has 1 nitrogen and oxygen atoms in total. The molecule has 1 unspecified atom stereocenters. The summed E-state index contributed by atoms with van der Waals surface area (Å²) in [4.78, 5) is 2.71. The first-order valence-corrected chi connectivity index (χ1v) is 8.06. The Morgan fingerprint density at radius 3 is 2.32 bits per heavy atom.